The monoisotopic (exact) mass is 1420 g/mol. The number of likely N-dealkylation sites (tertiary alicyclic amines) is 2. The largest absolute Gasteiger partial charge is 0.444 e. The molecule has 7 aliphatic rings. The number of oxime groups is 1. The van der Waals surface area contributed by atoms with Crippen LogP contribution in [0, 0.1) is 20.9 Å². The number of Topliss-reactive ketones (excluding diaryl/α,β-unsaturated/α-hetero) is 2. The number of ether oxygens (including phenoxy) is 6. The Morgan fingerprint density at radius 1 is 0.653 bits per heavy atom. The van der Waals surface area contributed by atoms with Crippen LogP contribution >= 0.6 is 0 Å². The van der Waals surface area contributed by atoms with Gasteiger partial charge >= 0.3 is 12.2 Å². The molecule has 560 valence electrons. The number of ketones is 2. The maximum Gasteiger partial charge on any atom is 0.408 e. The molecule has 1 spiro atoms. The van der Waals surface area contributed by atoms with Crippen molar-refractivity contribution < 1.29 is 86.1 Å². The minimum Gasteiger partial charge on any atom is -0.444 e. The predicted octanol–water partition coefficient (Wildman–Crippen LogP) is 6.56. The third-order valence-corrected chi connectivity index (χ3v) is 17.9. The fraction of sp³-hybridized carbons (Fsp3) is 0.653. The molecule has 6 N–H and O–H groups in total. The van der Waals surface area contributed by atoms with Crippen molar-refractivity contribution in [2.75, 3.05) is 60.3 Å². The Morgan fingerprint density at radius 3 is 1.50 bits per heavy atom. The van der Waals surface area contributed by atoms with Gasteiger partial charge in [-0.1, -0.05) is 161 Å². The van der Waals surface area contributed by atoms with Crippen LogP contribution in [0.5, 0.6) is 0 Å². The van der Waals surface area contributed by atoms with E-state index in [-0.39, 0.29) is 94.8 Å². The van der Waals surface area contributed by atoms with Gasteiger partial charge in [0.05, 0.1) is 45.1 Å². The lowest BCUT2D eigenvalue weighted by Gasteiger charge is -2.36. The molecule has 5 heterocycles. The van der Waals surface area contributed by atoms with E-state index in [0.717, 1.165) is 37.7 Å². The summed E-state index contributed by atoms with van der Waals surface area (Å²) in [6, 6.07) is 12.1. The Labute approximate surface area is 592 Å². The van der Waals surface area contributed by atoms with Crippen LogP contribution in [-0.4, -0.2) is 218 Å². The van der Waals surface area contributed by atoms with Crippen LogP contribution in [0.25, 0.3) is 0 Å². The number of nitrogens with zero attached hydrogens (tertiary/aromatic N) is 4. The number of amides is 8. The van der Waals surface area contributed by atoms with Crippen molar-refractivity contribution in [2.24, 2.45) is 16.0 Å². The van der Waals surface area contributed by atoms with E-state index >= 15 is 0 Å². The number of nitro groups is 1. The second kappa shape index (κ2) is 38.0. The minimum atomic E-state index is -1.16. The molecule has 8 amide bonds. The molecule has 2 aromatic carbocycles. The molecule has 2 unspecified atom stereocenters. The third-order valence-electron chi connectivity index (χ3n) is 17.9. The highest BCUT2D eigenvalue weighted by Crippen LogP contribution is 2.40. The number of hydrogen-bond acceptors (Lipinski definition) is 20. The van der Waals surface area contributed by atoms with Gasteiger partial charge in [0.2, 0.25) is 35.2 Å². The smallest absolute Gasteiger partial charge is 0.408 e. The van der Waals surface area contributed by atoms with E-state index < -0.39 is 118 Å². The normalized spacial score (nSPS) is 22.3. The highest BCUT2D eigenvalue weighted by Gasteiger charge is 2.57. The first-order valence-electron chi connectivity index (χ1n) is 34.2. The highest BCUT2D eigenvalue weighted by atomic mass is 16.7. The van der Waals surface area contributed by atoms with Gasteiger partial charge in [-0.25, -0.2) is 9.59 Å². The number of carbonyl (C=O) groups is 10. The molecule has 5 aliphatic heterocycles. The summed E-state index contributed by atoms with van der Waals surface area (Å²) in [7, 11) is 2.88. The molecule has 11 atom stereocenters. The summed E-state index contributed by atoms with van der Waals surface area (Å²) in [5.74, 6) is -3.11. The SMILES string of the molecule is C.C.C=C1C[C@@H](C(=O)N[C@@H](CCC)C(OC)C(=O)NC2CC2)N(C(=O)[C@@H](NC(=O)O[C@H]2CCOC2)C(C)(C)C)C1.CCC[C@H](NC(=O)[C@@H]1C[C@]2(CC(C(=O)c3ccccc3)=NO2)CN1C(=O)[C@@H](NC(=O)O[C@H]1CCOC1)C(C)(C)C)C(OC)C(=O)NC1CC1.O=C(C[N+](=O)[O-])c1ccccc1. The van der Waals surface area contributed by atoms with E-state index in [4.69, 9.17) is 33.3 Å². The first-order valence-corrected chi connectivity index (χ1v) is 34.2. The van der Waals surface area contributed by atoms with E-state index in [1.165, 1.54) is 24.0 Å². The Bertz CT molecular complexity index is 3210. The summed E-state index contributed by atoms with van der Waals surface area (Å²) in [6.07, 6.45) is 3.61. The fourth-order valence-electron chi connectivity index (χ4n) is 12.3. The van der Waals surface area contributed by atoms with Gasteiger partial charge in [0.1, 0.15) is 42.1 Å². The molecule has 2 saturated carbocycles. The summed E-state index contributed by atoms with van der Waals surface area (Å²) < 4.78 is 32.6. The quantitative estimate of drug-likeness (QED) is 0.0238. The minimum absolute atomic E-state index is 0. The molecule has 0 bridgehead atoms. The van der Waals surface area contributed by atoms with E-state index in [1.54, 1.807) is 81.4 Å². The van der Waals surface area contributed by atoms with Gasteiger partial charge in [-0.15, -0.1) is 0 Å². The van der Waals surface area contributed by atoms with Gasteiger partial charge in [0.25, 0.3) is 18.4 Å². The number of methoxy groups -OCH3 is 2. The van der Waals surface area contributed by atoms with Crippen molar-refractivity contribution in [3.8, 4) is 0 Å². The van der Waals surface area contributed by atoms with Crippen molar-refractivity contribution in [1.82, 2.24) is 41.7 Å². The Kier molecular flexibility index (Phi) is 31.3. The predicted molar refractivity (Wildman–Crippen MR) is 374 cm³/mol. The van der Waals surface area contributed by atoms with Crippen molar-refractivity contribution in [3.63, 3.8) is 0 Å². The maximum atomic E-state index is 14.5. The van der Waals surface area contributed by atoms with Gasteiger partial charge in [0, 0.05) is 74.6 Å². The Hall–Kier alpha value is -8.41. The van der Waals surface area contributed by atoms with Crippen LogP contribution in [0.15, 0.2) is 78.0 Å². The average Bonchev–Trinajstić information content (AvgIpc) is 1.59. The summed E-state index contributed by atoms with van der Waals surface area (Å²) in [4.78, 5) is 150. The number of hydrogen-bond donors (Lipinski definition) is 6. The van der Waals surface area contributed by atoms with Crippen molar-refractivity contribution in [1.29, 1.82) is 0 Å². The van der Waals surface area contributed by atoms with E-state index in [1.807, 2.05) is 34.6 Å². The molecular weight excluding hydrogens is 1310 g/mol. The topological polar surface area (TPSA) is 369 Å². The molecule has 29 nitrogen and oxygen atoms in total. The number of carbonyl (C=O) groups excluding carboxylic acids is 10. The zero-order chi connectivity index (χ0) is 72.4. The summed E-state index contributed by atoms with van der Waals surface area (Å²) in [5.41, 5.74) is -0.845. The lowest BCUT2D eigenvalue weighted by molar-refractivity contribution is -0.465. The van der Waals surface area contributed by atoms with Crippen LogP contribution in [-0.2, 0) is 62.0 Å². The van der Waals surface area contributed by atoms with Crippen LogP contribution in [0.3, 0.4) is 0 Å². The van der Waals surface area contributed by atoms with Crippen LogP contribution in [0.2, 0.25) is 0 Å². The number of nitrogens with one attached hydrogen (secondary N) is 6. The van der Waals surface area contributed by atoms with Crippen molar-refractivity contribution >= 4 is 64.9 Å². The van der Waals surface area contributed by atoms with E-state index in [2.05, 4.69) is 43.6 Å². The maximum absolute atomic E-state index is 14.5. The third kappa shape index (κ3) is 24.1. The molecule has 0 radical (unpaired) electrons. The lowest BCUT2D eigenvalue weighted by atomic mass is 9.85. The molecule has 29 heteroatoms. The van der Waals surface area contributed by atoms with Gasteiger partial charge in [-0.2, -0.15) is 0 Å². The molecule has 2 aliphatic carbocycles. The molecule has 101 heavy (non-hydrogen) atoms. The lowest BCUT2D eigenvalue weighted by Crippen LogP contribution is -2.60. The average molecular weight is 1420 g/mol. The van der Waals surface area contributed by atoms with Crippen molar-refractivity contribution in [2.45, 2.75) is 232 Å². The highest BCUT2D eigenvalue weighted by molar-refractivity contribution is 6.46. The first-order chi connectivity index (χ1) is 47.0. The molecule has 6 fully saturated rings. The molecular formula is C72H108N10O19. The second-order valence-electron chi connectivity index (χ2n) is 28.4. The Morgan fingerprint density at radius 2 is 1.10 bits per heavy atom. The van der Waals surface area contributed by atoms with Gasteiger partial charge in [0.15, 0.2) is 17.8 Å². The molecule has 4 saturated heterocycles. The van der Waals surface area contributed by atoms with Gasteiger partial charge in [-0.05, 0) is 55.8 Å². The molecule has 0 aromatic heterocycles. The molecule has 2 aromatic rings. The van der Waals surface area contributed by atoms with Crippen LogP contribution < -0.4 is 31.9 Å². The summed E-state index contributed by atoms with van der Waals surface area (Å²) >= 11 is 0. The van der Waals surface area contributed by atoms with Crippen molar-refractivity contribution in [3.05, 3.63) is 94.1 Å². The van der Waals surface area contributed by atoms with E-state index in [0.29, 0.717) is 69.5 Å². The number of alkyl carbamates (subject to hydrolysis) is 2. The summed E-state index contributed by atoms with van der Waals surface area (Å²) in [6.45, 7) is 20.0. The van der Waals surface area contributed by atoms with E-state index in [9.17, 15) is 58.1 Å². The first kappa shape index (κ1) is 83.3. The second-order valence-corrected chi connectivity index (χ2v) is 28.4. The standard InChI is InChI=1S/C35H49N5O9.C27H44N4O7.C8H7NO3.2CH4/c1-6-10-24(28(46-5)31(43)36-22-13-14-22)37-30(42)26-18-35(17-25(39-49-35)27(41)21-11-8-7-9-12-21)20-40(26)32(44)29(34(2,3)4)38-33(45)48-23-15-16-47-19-23;1-7-8-19(21(36-6)24(33)28-17-9-10-17)29-23(32)20-13-16(2)14-31(20)25(34)22(27(3,4)5)30-26(35)38-18-11-12-37-15-18;10-8(6-9(11)12)7-4-2-1-3-5-7;;/h7-9,11-12,22-24,26,28-29H,6,10,13-20H2,1-5H3,(H,36,43)(H,37,42)(H,38,45);17-22H,2,7-15H2,1,3-6H3,(H,28,33)(H,29,32)(H,30,35);1-5H,6H2;2*1H4/t23-,24-,26-,28?,29+,35+;18-,19-,20-,21?,22+;;;/m00.../s1. The van der Waals surface area contributed by atoms with Crippen LogP contribution in [0.1, 0.15) is 174 Å². The van der Waals surface area contributed by atoms with Gasteiger partial charge < -0.3 is 75.0 Å². The Balaban J connectivity index is 0.000000313. The molecule has 9 rings (SSSR count). The summed E-state index contributed by atoms with van der Waals surface area (Å²) in [5, 5.41) is 31.4. The number of benzene rings is 2. The zero-order valence-corrected chi connectivity index (χ0v) is 58.6. The zero-order valence-electron chi connectivity index (χ0n) is 58.6. The fourth-order valence-corrected chi connectivity index (χ4v) is 12.3. The van der Waals surface area contributed by atoms with Gasteiger partial charge in [-0.3, -0.25) is 48.5 Å². The number of rotatable bonds is 27. The van der Waals surface area contributed by atoms with Crippen LogP contribution in [0.4, 0.5) is 9.59 Å².